The van der Waals surface area contributed by atoms with Crippen molar-refractivity contribution in [3.63, 3.8) is 0 Å². The Morgan fingerprint density at radius 2 is 1.00 bits per heavy atom. The summed E-state index contributed by atoms with van der Waals surface area (Å²) < 4.78 is 5.67. The van der Waals surface area contributed by atoms with Gasteiger partial charge in [-0.15, -0.1) is 0 Å². The van der Waals surface area contributed by atoms with E-state index in [4.69, 9.17) is 29.8 Å². The fourth-order valence-corrected chi connectivity index (χ4v) is 9.47. The summed E-state index contributed by atoms with van der Waals surface area (Å²) >= 11 is 0.194. The van der Waals surface area contributed by atoms with Crippen molar-refractivity contribution >= 4 is 61.1 Å². The zero-order valence-corrected chi connectivity index (χ0v) is 28.1. The summed E-state index contributed by atoms with van der Waals surface area (Å²) in [6.45, 7) is 10.6. The first-order valence-corrected chi connectivity index (χ1v) is 18.7. The molecule has 0 atom stereocenters. The van der Waals surface area contributed by atoms with Crippen LogP contribution in [0.25, 0.3) is 0 Å². The minimum atomic E-state index is -2.73. The van der Waals surface area contributed by atoms with Crippen LogP contribution in [0, 0.1) is 20.8 Å². The number of halogens is 2. The predicted molar refractivity (Wildman–Crippen MR) is 181 cm³/mol. The zero-order chi connectivity index (χ0) is 30.1. The van der Waals surface area contributed by atoms with Crippen LogP contribution in [0.5, 0.6) is 0 Å². The third-order valence-electron chi connectivity index (χ3n) is 7.29. The Morgan fingerprint density at radius 3 is 1.40 bits per heavy atom. The Kier molecular flexibility index (Phi) is 11.2. The quantitative estimate of drug-likeness (QED) is 0.105. The average molecular weight is 653 g/mol. The van der Waals surface area contributed by atoms with Gasteiger partial charge in [0.25, 0.3) is 8.24 Å². The maximum atomic E-state index is 5.67. The summed E-state index contributed by atoms with van der Waals surface area (Å²) in [5.41, 5.74) is 8.66. The number of H-pyrrole nitrogens is 1. The van der Waals surface area contributed by atoms with E-state index in [0.717, 1.165) is 28.5 Å². The van der Waals surface area contributed by atoms with Crippen LogP contribution in [0.15, 0.2) is 125 Å². The molecule has 0 saturated carbocycles. The van der Waals surface area contributed by atoms with Gasteiger partial charge in [-0.05, 0) is 73.4 Å². The molecule has 3 nitrogen and oxygen atoms in total. The summed E-state index contributed by atoms with van der Waals surface area (Å²) in [6, 6.07) is 40.9. The third kappa shape index (κ3) is 7.23. The number of rotatable bonds is 7. The Balaban J connectivity index is 0.00000129. The molecule has 1 N–H and O–H groups in total. The number of benzene rings is 4. The van der Waals surface area contributed by atoms with Crippen molar-refractivity contribution in [2.45, 2.75) is 34.6 Å². The van der Waals surface area contributed by atoms with Gasteiger partial charge in [0, 0.05) is 5.71 Å². The van der Waals surface area contributed by atoms with Crippen molar-refractivity contribution in [3.8, 4) is 0 Å². The first-order valence-electron chi connectivity index (χ1n) is 13.7. The van der Waals surface area contributed by atoms with Gasteiger partial charge in [0.15, 0.2) is 0 Å². The van der Waals surface area contributed by atoms with Gasteiger partial charge >= 0.3 is 33.3 Å². The van der Waals surface area contributed by atoms with Crippen LogP contribution in [-0.4, -0.2) is 24.6 Å². The second-order valence-corrected chi connectivity index (χ2v) is 15.5. The molecule has 5 rings (SSSR count). The van der Waals surface area contributed by atoms with Gasteiger partial charge in [0.1, 0.15) is 0 Å². The van der Waals surface area contributed by atoms with Gasteiger partial charge < -0.3 is 9.64 Å². The van der Waals surface area contributed by atoms with Crippen LogP contribution in [0.4, 0.5) is 5.69 Å². The molecule has 0 aliphatic carbocycles. The fraction of sp³-hybridized carbons (Fsp3) is 0.143. The van der Waals surface area contributed by atoms with Crippen molar-refractivity contribution in [1.82, 2.24) is 4.98 Å². The van der Waals surface area contributed by atoms with Crippen molar-refractivity contribution in [2.75, 3.05) is 0 Å². The van der Waals surface area contributed by atoms with Crippen LogP contribution >= 0.6 is 20.2 Å². The number of hydrogen-bond donors (Lipinski definition) is 1. The molecule has 0 aliphatic rings. The van der Waals surface area contributed by atoms with Crippen molar-refractivity contribution in [2.24, 2.45) is 9.65 Å². The number of aromatic amines is 1. The molecule has 0 bridgehead atoms. The summed E-state index contributed by atoms with van der Waals surface area (Å²) in [6.07, 6.45) is 0. The van der Waals surface area contributed by atoms with E-state index in [2.05, 4.69) is 155 Å². The molecule has 0 fully saturated rings. The molecule has 4 aromatic carbocycles. The van der Waals surface area contributed by atoms with E-state index in [1.165, 1.54) is 32.3 Å². The number of aliphatic imine (C=N–C) groups is 1. The van der Waals surface area contributed by atoms with Crippen LogP contribution < -0.4 is 15.6 Å². The van der Waals surface area contributed by atoms with Crippen LogP contribution in [0.2, 0.25) is 0 Å². The van der Waals surface area contributed by atoms with E-state index >= 15 is 0 Å². The standard InChI is InChI=1S/C35H35N3Si.2ClH.Fe/c1-25-23-26(2)35(27(3)24-25)36-28(4)33-21-22-34(37-33)29(5)38-39(30-15-9-6-10-16-30,31-17-11-7-12-18-31)32-19-13-8-14-20-32;;;/h6-24,37H,1-5H3;2*1H;/q;;;+2/p-2/b36-28?,38-29+;;;. The predicted octanol–water partition coefficient (Wildman–Crippen LogP) is 7.93. The second kappa shape index (κ2) is 14.8. The monoisotopic (exact) mass is 651 g/mol. The number of hydrogen-bond acceptors (Lipinski definition) is 2. The van der Waals surface area contributed by atoms with Crippen molar-refractivity contribution in [1.29, 1.82) is 0 Å². The van der Waals surface area contributed by atoms with Gasteiger partial charge in [-0.1, -0.05) is 109 Å². The van der Waals surface area contributed by atoms with E-state index in [9.17, 15) is 0 Å². The number of aromatic nitrogens is 1. The van der Waals surface area contributed by atoms with Crippen LogP contribution in [0.3, 0.4) is 0 Å². The molecule has 5 aromatic rings. The Bertz CT molecular complexity index is 1550. The Labute approximate surface area is 265 Å². The molecule has 0 amide bonds. The molecular formula is C35H35Cl2FeN3Si. The second-order valence-electron chi connectivity index (χ2n) is 10.3. The van der Waals surface area contributed by atoms with E-state index in [-0.39, 0.29) is 13.1 Å². The number of nitrogens with one attached hydrogen (secondary N) is 1. The summed E-state index contributed by atoms with van der Waals surface area (Å²) in [7, 11) is 6.80. The average Bonchev–Trinajstić information content (AvgIpc) is 3.50. The molecule has 42 heavy (non-hydrogen) atoms. The number of aryl methyl sites for hydroxylation is 3. The van der Waals surface area contributed by atoms with Gasteiger partial charge in [0.2, 0.25) is 0 Å². The maximum absolute atomic E-state index is 5.67. The normalized spacial score (nSPS) is 12.2. The molecule has 0 aliphatic heterocycles. The van der Waals surface area contributed by atoms with Crippen LogP contribution in [-0.2, 0) is 13.1 Å². The van der Waals surface area contributed by atoms with E-state index < -0.39 is 8.24 Å². The molecular weight excluding hydrogens is 617 g/mol. The van der Waals surface area contributed by atoms with Gasteiger partial charge in [-0.2, -0.15) is 0 Å². The molecule has 0 saturated heterocycles. The molecule has 0 spiro atoms. The molecule has 216 valence electrons. The molecule has 7 heteroatoms. The first kappa shape index (κ1) is 31.7. The number of nitrogens with zero attached hydrogens (tertiary/aromatic N) is 2. The summed E-state index contributed by atoms with van der Waals surface area (Å²) in [5.74, 6) is 0. The third-order valence-corrected chi connectivity index (χ3v) is 11.5. The van der Waals surface area contributed by atoms with Gasteiger partial charge in [-0.3, -0.25) is 4.99 Å². The molecule has 0 radical (unpaired) electrons. The molecule has 1 heterocycles. The first-order chi connectivity index (χ1) is 20.3. The van der Waals surface area contributed by atoms with Crippen molar-refractivity contribution < 1.29 is 13.1 Å². The van der Waals surface area contributed by atoms with Gasteiger partial charge in [0.05, 0.1) is 22.8 Å². The fourth-order valence-electron chi connectivity index (χ4n) is 5.44. The van der Waals surface area contributed by atoms with Gasteiger partial charge in [-0.25, -0.2) is 0 Å². The zero-order valence-electron chi connectivity index (χ0n) is 24.5. The summed E-state index contributed by atoms with van der Waals surface area (Å²) in [4.78, 5) is 8.63. The van der Waals surface area contributed by atoms with Crippen molar-refractivity contribution in [3.05, 3.63) is 143 Å². The van der Waals surface area contributed by atoms with E-state index in [0.29, 0.717) is 0 Å². The van der Waals surface area contributed by atoms with E-state index in [1.54, 1.807) is 0 Å². The minimum absolute atomic E-state index is 0.194. The Hall–Kier alpha value is -3.18. The van der Waals surface area contributed by atoms with E-state index in [1.807, 2.05) is 0 Å². The SMILES string of the molecule is CC(=Nc1c(C)cc(C)cc1C)c1ccc(/C(C)=N/[Si](c2ccccc2)(c2ccccc2)c2ccccc2)[nH]1.[Cl][Fe][Cl]. The topological polar surface area (TPSA) is 40.5 Å². The summed E-state index contributed by atoms with van der Waals surface area (Å²) in [5, 5.41) is 3.78. The molecule has 0 unspecified atom stereocenters. The Morgan fingerprint density at radius 1 is 0.619 bits per heavy atom. The molecule has 1 aromatic heterocycles. The van der Waals surface area contributed by atoms with Crippen LogP contribution in [0.1, 0.15) is 41.9 Å².